The second kappa shape index (κ2) is 12.1. The fraction of sp³-hybridized carbons (Fsp3) is 0.500. The van der Waals surface area contributed by atoms with Gasteiger partial charge in [0.05, 0.1) is 19.0 Å². The molecule has 2 saturated heterocycles. The Morgan fingerprint density at radius 3 is 2.18 bits per heavy atom. The van der Waals surface area contributed by atoms with Crippen LogP contribution in [0.15, 0.2) is 67.0 Å². The summed E-state index contributed by atoms with van der Waals surface area (Å²) in [4.78, 5) is 16.1. The van der Waals surface area contributed by atoms with E-state index in [-0.39, 0.29) is 23.5 Å². The Hall–Kier alpha value is -2.86. The number of hydrogen-bond acceptors (Lipinski definition) is 8. The van der Waals surface area contributed by atoms with E-state index in [2.05, 4.69) is 84.2 Å². The summed E-state index contributed by atoms with van der Waals surface area (Å²) in [5.41, 5.74) is 1.15. The van der Waals surface area contributed by atoms with Crippen LogP contribution in [0.5, 0.6) is 0 Å². The number of fused-ring (bicyclic) bond motifs is 2. The van der Waals surface area contributed by atoms with Gasteiger partial charge in [0, 0.05) is 25.6 Å². The number of ether oxygens (including phenoxy) is 1. The van der Waals surface area contributed by atoms with Gasteiger partial charge in [-0.2, -0.15) is 9.97 Å². The normalized spacial score (nSPS) is 27.0. The van der Waals surface area contributed by atoms with E-state index in [1.807, 2.05) is 12.1 Å². The van der Waals surface area contributed by atoms with Gasteiger partial charge in [-0.1, -0.05) is 87.9 Å². The molecule has 238 valence electrons. The summed E-state index contributed by atoms with van der Waals surface area (Å²) >= 11 is 6.49. The van der Waals surface area contributed by atoms with Crippen LogP contribution < -0.4 is 15.3 Å². The smallest absolute Gasteiger partial charge is 0.261 e. The molecule has 4 heterocycles. The lowest BCUT2D eigenvalue weighted by molar-refractivity contribution is -0.0496. The molecule has 2 aliphatic heterocycles. The zero-order valence-corrected chi connectivity index (χ0v) is 27.8. The lowest BCUT2D eigenvalue weighted by atomic mass is 9.99. The molecule has 0 spiro atoms. The highest BCUT2D eigenvalue weighted by atomic mass is 35.5. The average molecular weight is 648 g/mol. The first-order valence-electron chi connectivity index (χ1n) is 16.1. The molecule has 1 saturated carbocycles. The molecule has 0 unspecified atom stereocenters. The lowest BCUT2D eigenvalue weighted by Gasteiger charge is -2.44. The molecule has 3 aliphatic rings. The highest BCUT2D eigenvalue weighted by molar-refractivity contribution is 6.99. The highest BCUT2D eigenvalue weighted by Gasteiger charge is 2.53. The van der Waals surface area contributed by atoms with Crippen LogP contribution in [0.1, 0.15) is 46.3 Å². The molecule has 2 N–H and O–H groups in total. The second-order valence-electron chi connectivity index (χ2n) is 13.9. The van der Waals surface area contributed by atoms with Gasteiger partial charge >= 0.3 is 0 Å². The van der Waals surface area contributed by atoms with Crippen molar-refractivity contribution in [3.8, 4) is 0 Å². The van der Waals surface area contributed by atoms with Crippen molar-refractivity contribution in [3.05, 3.63) is 72.3 Å². The minimum absolute atomic E-state index is 0.133. The average Bonchev–Trinajstić information content (AvgIpc) is 3.81. The van der Waals surface area contributed by atoms with Crippen LogP contribution in [0, 0.1) is 17.8 Å². The van der Waals surface area contributed by atoms with Crippen molar-refractivity contribution in [1.82, 2.24) is 19.5 Å². The van der Waals surface area contributed by atoms with E-state index in [1.165, 1.54) is 19.3 Å². The van der Waals surface area contributed by atoms with Crippen molar-refractivity contribution < 1.29 is 19.4 Å². The number of halogens is 1. The molecule has 7 rings (SSSR count). The largest absolute Gasteiger partial charge is 0.407 e. The Morgan fingerprint density at radius 2 is 1.60 bits per heavy atom. The predicted octanol–water partition coefficient (Wildman–Crippen LogP) is 4.16. The number of anilines is 1. The van der Waals surface area contributed by atoms with Crippen LogP contribution in [-0.4, -0.2) is 76.6 Å². The number of aromatic nitrogens is 4. The predicted molar refractivity (Wildman–Crippen MR) is 177 cm³/mol. The highest BCUT2D eigenvalue weighted by Crippen LogP contribution is 2.43. The molecule has 45 heavy (non-hydrogen) atoms. The first kappa shape index (κ1) is 30.8. The van der Waals surface area contributed by atoms with Crippen molar-refractivity contribution in [2.24, 2.45) is 17.8 Å². The zero-order valence-electron chi connectivity index (χ0n) is 26.1. The van der Waals surface area contributed by atoms with Crippen LogP contribution >= 0.6 is 11.6 Å². The third-order valence-corrected chi connectivity index (χ3v) is 15.5. The number of imidazole rings is 1. The van der Waals surface area contributed by atoms with Gasteiger partial charge in [-0.25, -0.2) is 4.98 Å². The molecule has 0 radical (unpaired) electrons. The molecular formula is C34H42ClN5O4Si. The zero-order chi connectivity index (χ0) is 31.3. The maximum Gasteiger partial charge on any atom is 0.261 e. The summed E-state index contributed by atoms with van der Waals surface area (Å²) in [5, 5.41) is 24.5. The molecule has 4 aromatic rings. The van der Waals surface area contributed by atoms with Crippen molar-refractivity contribution in [2.45, 2.75) is 63.5 Å². The first-order chi connectivity index (χ1) is 21.7. The third kappa shape index (κ3) is 5.29. The molecular weight excluding hydrogens is 606 g/mol. The quantitative estimate of drug-likeness (QED) is 0.217. The van der Waals surface area contributed by atoms with E-state index in [1.54, 1.807) is 10.9 Å². The monoisotopic (exact) mass is 647 g/mol. The Kier molecular flexibility index (Phi) is 8.25. The first-order valence-corrected chi connectivity index (χ1v) is 18.3. The summed E-state index contributed by atoms with van der Waals surface area (Å²) < 4.78 is 15.3. The van der Waals surface area contributed by atoms with Gasteiger partial charge in [-0.15, -0.1) is 0 Å². The molecule has 2 aromatic heterocycles. The van der Waals surface area contributed by atoms with E-state index >= 15 is 0 Å². The Balaban J connectivity index is 1.20. The topological polar surface area (TPSA) is 106 Å². The van der Waals surface area contributed by atoms with Crippen LogP contribution in [0.2, 0.25) is 10.3 Å². The summed E-state index contributed by atoms with van der Waals surface area (Å²) in [5.74, 6) is 1.60. The third-order valence-electron chi connectivity index (χ3n) is 10.3. The lowest BCUT2D eigenvalue weighted by Crippen LogP contribution is -2.67. The van der Waals surface area contributed by atoms with Crippen molar-refractivity contribution in [2.75, 3.05) is 31.2 Å². The fourth-order valence-electron chi connectivity index (χ4n) is 8.08. The minimum Gasteiger partial charge on any atom is -0.407 e. The van der Waals surface area contributed by atoms with Crippen molar-refractivity contribution in [3.63, 3.8) is 0 Å². The van der Waals surface area contributed by atoms with Crippen LogP contribution in [0.4, 0.5) is 5.82 Å². The van der Waals surface area contributed by atoms with E-state index in [4.69, 9.17) is 25.7 Å². The van der Waals surface area contributed by atoms with Gasteiger partial charge < -0.3 is 24.3 Å². The molecule has 1 aliphatic carbocycles. The van der Waals surface area contributed by atoms with E-state index in [0.29, 0.717) is 23.0 Å². The summed E-state index contributed by atoms with van der Waals surface area (Å²) in [7, 11) is -2.87. The molecule has 9 nitrogen and oxygen atoms in total. The van der Waals surface area contributed by atoms with Crippen LogP contribution in [0.3, 0.4) is 0 Å². The number of benzene rings is 2. The fourth-order valence-corrected chi connectivity index (χ4v) is 12.8. The number of aliphatic hydroxyl groups is 2. The Labute approximate surface area is 270 Å². The molecule has 0 bridgehead atoms. The molecule has 6 atom stereocenters. The number of rotatable bonds is 8. The van der Waals surface area contributed by atoms with E-state index in [0.717, 1.165) is 29.3 Å². The Morgan fingerprint density at radius 1 is 0.978 bits per heavy atom. The number of nitrogens with zero attached hydrogens (tertiary/aromatic N) is 5. The summed E-state index contributed by atoms with van der Waals surface area (Å²) in [6.45, 7) is 8.50. The molecule has 2 aromatic carbocycles. The van der Waals surface area contributed by atoms with Gasteiger partial charge in [0.2, 0.25) is 5.28 Å². The SMILES string of the molecule is CC(C)(C)[Si](OC[C@@H]1[C@@H](O)[C@H](n2cnc3c(N4C[C@H]5CCC[C@H]5C4)nc(Cl)nc32)O[C@@H]1CO)(c1ccccc1)c1ccccc1. The molecule has 3 fully saturated rings. The van der Waals surface area contributed by atoms with Crippen LogP contribution in [-0.2, 0) is 9.16 Å². The number of aliphatic hydroxyl groups excluding tert-OH is 2. The van der Waals surface area contributed by atoms with Gasteiger partial charge in [0.1, 0.15) is 6.10 Å². The molecule has 11 heteroatoms. The Bertz CT molecular complexity index is 1580. The summed E-state index contributed by atoms with van der Waals surface area (Å²) in [6, 6.07) is 20.8. The van der Waals surface area contributed by atoms with Crippen LogP contribution in [0.25, 0.3) is 11.2 Å². The van der Waals surface area contributed by atoms with Gasteiger partial charge in [-0.3, -0.25) is 4.57 Å². The van der Waals surface area contributed by atoms with Gasteiger partial charge in [0.15, 0.2) is 23.2 Å². The molecule has 0 amide bonds. The minimum atomic E-state index is -2.87. The maximum absolute atomic E-state index is 11.8. The number of hydrogen-bond donors (Lipinski definition) is 2. The van der Waals surface area contributed by atoms with E-state index < -0.39 is 32.7 Å². The van der Waals surface area contributed by atoms with Gasteiger partial charge in [-0.05, 0) is 51.7 Å². The maximum atomic E-state index is 11.8. The standard InChI is InChI=1S/C34H42ClN5O4Si/c1-34(2,3)45(24-13-6-4-7-14-24,25-15-8-5-9-16-25)43-20-26-27(19-41)44-32(29(26)42)40-21-36-28-30(37-33(35)38-31(28)40)39-17-22-11-10-12-23(22)18-39/h4-9,13-16,21-23,26-27,29,32,41-42H,10-12,17-20H2,1-3H3/t22-,23+,26-,27+,29+,32+/m0/s1. The summed E-state index contributed by atoms with van der Waals surface area (Å²) in [6.07, 6.45) is 2.98. The van der Waals surface area contributed by atoms with Crippen molar-refractivity contribution in [1.29, 1.82) is 0 Å². The second-order valence-corrected chi connectivity index (χ2v) is 18.5. The van der Waals surface area contributed by atoms with Gasteiger partial charge in [0.25, 0.3) is 8.32 Å². The van der Waals surface area contributed by atoms with E-state index in [9.17, 15) is 10.2 Å². The van der Waals surface area contributed by atoms with Crippen molar-refractivity contribution >= 4 is 47.3 Å².